The van der Waals surface area contributed by atoms with Crippen molar-refractivity contribution in [2.45, 2.75) is 12.3 Å². The van der Waals surface area contributed by atoms with E-state index in [-0.39, 0.29) is 12.5 Å². The molecule has 0 bridgehead atoms. The third kappa shape index (κ3) is 2.55. The summed E-state index contributed by atoms with van der Waals surface area (Å²) in [7, 11) is 1.48. The Morgan fingerprint density at radius 2 is 2.23 bits per heavy atom. The van der Waals surface area contributed by atoms with E-state index >= 15 is 0 Å². The maximum Gasteiger partial charge on any atom is 0.255 e. The number of rotatable bonds is 1. The Labute approximate surface area is 81.5 Å². The van der Waals surface area contributed by atoms with Crippen molar-refractivity contribution in [3.8, 4) is 0 Å². The Balaban J connectivity index is 2.86. The minimum absolute atomic E-state index is 0.200. The molecule has 0 aliphatic carbocycles. The molecule has 1 fully saturated rings. The van der Waals surface area contributed by atoms with Gasteiger partial charge in [-0.15, -0.1) is 0 Å². The highest BCUT2D eigenvalue weighted by Gasteiger charge is 2.33. The SMILES string of the molecule is CC(=O)N1CCNCC1S(=O)(=O)Cl. The van der Waals surface area contributed by atoms with Crippen molar-refractivity contribution in [3.63, 3.8) is 0 Å². The van der Waals surface area contributed by atoms with Crippen LogP contribution in [0.3, 0.4) is 0 Å². The minimum Gasteiger partial charge on any atom is -0.322 e. The van der Waals surface area contributed by atoms with Crippen LogP contribution in [0.4, 0.5) is 0 Å². The predicted octanol–water partition coefficient (Wildman–Crippen LogP) is -0.667. The summed E-state index contributed by atoms with van der Waals surface area (Å²) in [6, 6.07) is 0. The molecular weight excluding hydrogens is 216 g/mol. The lowest BCUT2D eigenvalue weighted by Gasteiger charge is -2.33. The largest absolute Gasteiger partial charge is 0.322 e. The van der Waals surface area contributed by atoms with Crippen molar-refractivity contribution in [2.75, 3.05) is 19.6 Å². The zero-order chi connectivity index (χ0) is 10.1. The maximum atomic E-state index is 11.0. The molecule has 1 aliphatic rings. The molecule has 0 aromatic rings. The lowest BCUT2D eigenvalue weighted by molar-refractivity contribution is -0.130. The third-order valence-corrected chi connectivity index (χ3v) is 3.61. The molecule has 1 rings (SSSR count). The Kier molecular flexibility index (Phi) is 3.15. The highest BCUT2D eigenvalue weighted by Crippen LogP contribution is 2.14. The van der Waals surface area contributed by atoms with Crippen molar-refractivity contribution in [1.82, 2.24) is 10.2 Å². The number of hydrogen-bond donors (Lipinski definition) is 1. The molecule has 1 N–H and O–H groups in total. The molecule has 0 aromatic carbocycles. The molecule has 1 heterocycles. The summed E-state index contributed by atoms with van der Waals surface area (Å²) in [6.07, 6.45) is 0. The molecule has 0 spiro atoms. The standard InChI is InChI=1S/C6H11ClN2O3S/c1-5(10)9-3-2-8-4-6(9)13(7,11)12/h6,8H,2-4H2,1H3. The fourth-order valence-electron chi connectivity index (χ4n) is 1.29. The molecule has 1 saturated heterocycles. The van der Waals surface area contributed by atoms with Gasteiger partial charge < -0.3 is 10.2 Å². The first-order valence-corrected chi connectivity index (χ1v) is 6.21. The Morgan fingerprint density at radius 1 is 1.62 bits per heavy atom. The molecular formula is C6H11ClN2O3S. The quantitative estimate of drug-likeness (QED) is 0.603. The summed E-state index contributed by atoms with van der Waals surface area (Å²) in [5, 5.41) is 1.94. The fourth-order valence-corrected chi connectivity index (χ4v) is 2.64. The van der Waals surface area contributed by atoms with Crippen molar-refractivity contribution < 1.29 is 13.2 Å². The molecule has 1 aliphatic heterocycles. The molecule has 0 saturated carbocycles. The minimum atomic E-state index is -3.71. The number of carbonyl (C=O) groups is 1. The number of amides is 1. The molecule has 13 heavy (non-hydrogen) atoms. The molecule has 1 unspecified atom stereocenters. The topological polar surface area (TPSA) is 66.5 Å². The molecule has 0 aromatic heterocycles. The van der Waals surface area contributed by atoms with Gasteiger partial charge >= 0.3 is 0 Å². The predicted molar refractivity (Wildman–Crippen MR) is 48.8 cm³/mol. The summed E-state index contributed by atoms with van der Waals surface area (Å²) in [6.45, 7) is 2.51. The van der Waals surface area contributed by atoms with Crippen molar-refractivity contribution in [3.05, 3.63) is 0 Å². The average Bonchev–Trinajstić information content (AvgIpc) is 2.03. The van der Waals surface area contributed by atoms with Gasteiger partial charge in [0, 0.05) is 37.2 Å². The first-order chi connectivity index (χ1) is 5.93. The second kappa shape index (κ2) is 3.81. The number of nitrogens with zero attached hydrogens (tertiary/aromatic N) is 1. The van der Waals surface area contributed by atoms with Crippen LogP contribution in [-0.2, 0) is 13.8 Å². The average molecular weight is 227 g/mol. The molecule has 0 radical (unpaired) electrons. The Morgan fingerprint density at radius 3 is 2.62 bits per heavy atom. The van der Waals surface area contributed by atoms with Gasteiger partial charge in [-0.25, -0.2) is 8.42 Å². The van der Waals surface area contributed by atoms with Gasteiger partial charge in [-0.3, -0.25) is 4.79 Å². The highest BCUT2D eigenvalue weighted by atomic mass is 35.7. The van der Waals surface area contributed by atoms with E-state index < -0.39 is 14.4 Å². The van der Waals surface area contributed by atoms with E-state index in [9.17, 15) is 13.2 Å². The van der Waals surface area contributed by atoms with Crippen LogP contribution in [-0.4, -0.2) is 44.2 Å². The lowest BCUT2D eigenvalue weighted by Crippen LogP contribution is -2.55. The van der Waals surface area contributed by atoms with Gasteiger partial charge in [-0.2, -0.15) is 0 Å². The van der Waals surface area contributed by atoms with E-state index in [1.807, 2.05) is 0 Å². The van der Waals surface area contributed by atoms with Gasteiger partial charge in [-0.05, 0) is 0 Å². The molecule has 76 valence electrons. The maximum absolute atomic E-state index is 11.0. The first kappa shape index (κ1) is 10.7. The number of carbonyl (C=O) groups excluding carboxylic acids is 1. The number of nitrogens with one attached hydrogen (secondary N) is 1. The summed E-state index contributed by atoms with van der Waals surface area (Å²) >= 11 is 0. The smallest absolute Gasteiger partial charge is 0.255 e. The van der Waals surface area contributed by atoms with Gasteiger partial charge in [0.1, 0.15) is 0 Å². The summed E-state index contributed by atoms with van der Waals surface area (Å²) < 4.78 is 22.1. The van der Waals surface area contributed by atoms with Gasteiger partial charge in [-0.1, -0.05) is 0 Å². The van der Waals surface area contributed by atoms with E-state index in [1.54, 1.807) is 0 Å². The normalized spacial score (nSPS) is 24.5. The third-order valence-electron chi connectivity index (χ3n) is 1.93. The van der Waals surface area contributed by atoms with E-state index in [4.69, 9.17) is 10.7 Å². The van der Waals surface area contributed by atoms with Crippen LogP contribution in [0.1, 0.15) is 6.92 Å². The van der Waals surface area contributed by atoms with Crippen LogP contribution in [0, 0.1) is 0 Å². The van der Waals surface area contributed by atoms with E-state index in [1.165, 1.54) is 11.8 Å². The van der Waals surface area contributed by atoms with Crippen molar-refractivity contribution in [1.29, 1.82) is 0 Å². The van der Waals surface area contributed by atoms with E-state index in [2.05, 4.69) is 5.32 Å². The van der Waals surface area contributed by atoms with Gasteiger partial charge in [0.2, 0.25) is 5.91 Å². The van der Waals surface area contributed by atoms with Crippen LogP contribution >= 0.6 is 10.7 Å². The van der Waals surface area contributed by atoms with Crippen LogP contribution in [0.25, 0.3) is 0 Å². The highest BCUT2D eigenvalue weighted by molar-refractivity contribution is 8.14. The van der Waals surface area contributed by atoms with Gasteiger partial charge in [0.05, 0.1) is 0 Å². The Hall–Kier alpha value is -0.330. The zero-order valence-corrected chi connectivity index (χ0v) is 8.73. The second-order valence-corrected chi connectivity index (χ2v) is 5.63. The summed E-state index contributed by atoms with van der Waals surface area (Å²) in [5.74, 6) is -0.268. The zero-order valence-electron chi connectivity index (χ0n) is 7.16. The van der Waals surface area contributed by atoms with Crippen LogP contribution in [0.5, 0.6) is 0 Å². The lowest BCUT2D eigenvalue weighted by atomic mass is 10.3. The fraction of sp³-hybridized carbons (Fsp3) is 0.833. The van der Waals surface area contributed by atoms with E-state index in [0.29, 0.717) is 13.1 Å². The van der Waals surface area contributed by atoms with Crippen LogP contribution < -0.4 is 5.32 Å². The Bertz CT molecular complexity index is 303. The van der Waals surface area contributed by atoms with Gasteiger partial charge in [0.15, 0.2) is 5.37 Å². The molecule has 1 atom stereocenters. The number of piperazine rings is 1. The molecule has 1 amide bonds. The number of halogens is 1. The van der Waals surface area contributed by atoms with Crippen LogP contribution in [0.2, 0.25) is 0 Å². The summed E-state index contributed by atoms with van der Waals surface area (Å²) in [5.41, 5.74) is 0. The first-order valence-electron chi connectivity index (χ1n) is 3.84. The van der Waals surface area contributed by atoms with E-state index in [0.717, 1.165) is 0 Å². The monoisotopic (exact) mass is 226 g/mol. The molecule has 7 heteroatoms. The van der Waals surface area contributed by atoms with Gasteiger partial charge in [0.25, 0.3) is 9.05 Å². The van der Waals surface area contributed by atoms with Crippen molar-refractivity contribution >= 4 is 25.6 Å². The second-order valence-electron chi connectivity index (χ2n) is 2.85. The summed E-state index contributed by atoms with van der Waals surface area (Å²) in [4.78, 5) is 12.3. The molecule has 5 nitrogen and oxygen atoms in total. The van der Waals surface area contributed by atoms with Crippen molar-refractivity contribution in [2.24, 2.45) is 0 Å². The number of hydrogen-bond acceptors (Lipinski definition) is 4. The van der Waals surface area contributed by atoms with Crippen LogP contribution in [0.15, 0.2) is 0 Å².